The predicted molar refractivity (Wildman–Crippen MR) is 115 cm³/mol. The fraction of sp³-hybridized carbons (Fsp3) is 0.500. The fourth-order valence-electron chi connectivity index (χ4n) is 4.40. The minimum absolute atomic E-state index is 0.0435. The third-order valence-electron chi connectivity index (χ3n) is 6.07. The molecule has 0 spiro atoms. The average Bonchev–Trinajstić information content (AvgIpc) is 3.25. The summed E-state index contributed by atoms with van der Waals surface area (Å²) in [4.78, 5) is 41.6. The van der Waals surface area contributed by atoms with Gasteiger partial charge >= 0.3 is 6.03 Å². The number of urea groups is 1. The van der Waals surface area contributed by atoms with Crippen LogP contribution in [-0.4, -0.2) is 46.4 Å². The normalized spacial score (nSPS) is 20.0. The number of benzene rings is 1. The maximum atomic E-state index is 12.7. The van der Waals surface area contributed by atoms with Crippen LogP contribution in [0, 0.1) is 0 Å². The number of halogens is 1. The Bertz CT molecular complexity index is 951. The number of imide groups is 1. The zero-order chi connectivity index (χ0) is 21.1. The van der Waals surface area contributed by atoms with Crippen LogP contribution < -0.4 is 10.6 Å². The van der Waals surface area contributed by atoms with E-state index in [0.717, 1.165) is 42.1 Å². The summed E-state index contributed by atoms with van der Waals surface area (Å²) in [5.41, 5.74) is 1.97. The molecule has 1 aliphatic carbocycles. The third-order valence-corrected chi connectivity index (χ3v) is 6.31. The van der Waals surface area contributed by atoms with Crippen molar-refractivity contribution in [2.75, 3.05) is 6.54 Å². The van der Waals surface area contributed by atoms with Crippen molar-refractivity contribution in [2.24, 2.45) is 0 Å². The summed E-state index contributed by atoms with van der Waals surface area (Å²) in [6.07, 6.45) is 8.57. The number of H-pyrrole nitrogens is 1. The van der Waals surface area contributed by atoms with Crippen molar-refractivity contribution in [3.8, 4) is 0 Å². The van der Waals surface area contributed by atoms with Crippen LogP contribution in [0.5, 0.6) is 0 Å². The van der Waals surface area contributed by atoms with Crippen LogP contribution in [0.25, 0.3) is 10.9 Å². The van der Waals surface area contributed by atoms with E-state index >= 15 is 0 Å². The van der Waals surface area contributed by atoms with Gasteiger partial charge in [0.05, 0.1) is 0 Å². The summed E-state index contributed by atoms with van der Waals surface area (Å²) < 4.78 is 0. The Morgan fingerprint density at radius 3 is 2.80 bits per heavy atom. The van der Waals surface area contributed by atoms with Gasteiger partial charge in [-0.2, -0.15) is 0 Å². The first-order valence-corrected chi connectivity index (χ1v) is 11.1. The van der Waals surface area contributed by atoms with E-state index in [9.17, 15) is 14.4 Å². The predicted octanol–water partition coefficient (Wildman–Crippen LogP) is 3.51. The van der Waals surface area contributed by atoms with Crippen LogP contribution in [0.15, 0.2) is 24.4 Å². The standard InChI is InChI=1S/C22H27ClN4O3/c23-15-6-7-18-17(12-15)14(13-24-18)10-11-27-21(29)19(26-22(27)30)8-9-20(28)25-16-4-2-1-3-5-16/h6-7,12-13,16,19,24H,1-5,8-11H2,(H,25,28)(H,26,30). The number of aromatic amines is 1. The highest BCUT2D eigenvalue weighted by atomic mass is 35.5. The van der Waals surface area contributed by atoms with Gasteiger partial charge in [0.1, 0.15) is 6.04 Å². The van der Waals surface area contributed by atoms with Gasteiger partial charge in [0, 0.05) is 41.1 Å². The van der Waals surface area contributed by atoms with Crippen LogP contribution in [0.4, 0.5) is 4.79 Å². The van der Waals surface area contributed by atoms with E-state index in [2.05, 4.69) is 15.6 Å². The van der Waals surface area contributed by atoms with E-state index in [-0.39, 0.29) is 30.8 Å². The molecular weight excluding hydrogens is 404 g/mol. The lowest BCUT2D eigenvalue weighted by Gasteiger charge is -2.22. The molecule has 2 aliphatic rings. The molecule has 3 N–H and O–H groups in total. The summed E-state index contributed by atoms with van der Waals surface area (Å²) in [6.45, 7) is 0.287. The van der Waals surface area contributed by atoms with Crippen LogP contribution in [0.2, 0.25) is 5.02 Å². The lowest BCUT2D eigenvalue weighted by molar-refractivity contribution is -0.127. The maximum Gasteiger partial charge on any atom is 0.324 e. The Balaban J connectivity index is 1.29. The van der Waals surface area contributed by atoms with Gasteiger partial charge in [-0.3, -0.25) is 14.5 Å². The van der Waals surface area contributed by atoms with Crippen LogP contribution in [-0.2, 0) is 16.0 Å². The first kappa shape index (κ1) is 20.7. The lowest BCUT2D eigenvalue weighted by Crippen LogP contribution is -2.38. The molecular formula is C22H27ClN4O3. The molecule has 30 heavy (non-hydrogen) atoms. The first-order chi connectivity index (χ1) is 14.5. The fourth-order valence-corrected chi connectivity index (χ4v) is 4.57. The smallest absolute Gasteiger partial charge is 0.324 e. The number of hydrogen-bond donors (Lipinski definition) is 3. The highest BCUT2D eigenvalue weighted by Gasteiger charge is 2.37. The zero-order valence-corrected chi connectivity index (χ0v) is 17.6. The summed E-state index contributed by atoms with van der Waals surface area (Å²) >= 11 is 6.09. The first-order valence-electron chi connectivity index (χ1n) is 10.7. The van der Waals surface area contributed by atoms with E-state index in [4.69, 9.17) is 11.6 Å². The molecule has 160 valence electrons. The number of rotatable bonds is 7. The maximum absolute atomic E-state index is 12.7. The van der Waals surface area contributed by atoms with Gasteiger partial charge in [0.2, 0.25) is 5.91 Å². The van der Waals surface area contributed by atoms with Crippen molar-refractivity contribution in [3.63, 3.8) is 0 Å². The average molecular weight is 431 g/mol. The molecule has 1 atom stereocenters. The number of nitrogens with one attached hydrogen (secondary N) is 3. The van der Waals surface area contributed by atoms with E-state index < -0.39 is 12.1 Å². The van der Waals surface area contributed by atoms with E-state index in [1.54, 1.807) is 0 Å². The molecule has 0 radical (unpaired) electrons. The number of aromatic nitrogens is 1. The summed E-state index contributed by atoms with van der Waals surface area (Å²) in [5, 5.41) is 7.41. The molecule has 4 amide bonds. The van der Waals surface area contributed by atoms with Crippen molar-refractivity contribution < 1.29 is 14.4 Å². The van der Waals surface area contributed by atoms with Crippen molar-refractivity contribution in [1.82, 2.24) is 20.5 Å². The van der Waals surface area contributed by atoms with Gasteiger partial charge in [-0.25, -0.2) is 4.79 Å². The highest BCUT2D eigenvalue weighted by Crippen LogP contribution is 2.23. The second kappa shape index (κ2) is 9.08. The van der Waals surface area contributed by atoms with Crippen molar-refractivity contribution in [3.05, 3.63) is 35.0 Å². The van der Waals surface area contributed by atoms with Crippen LogP contribution in [0.1, 0.15) is 50.5 Å². The molecule has 1 saturated heterocycles. The second-order valence-electron chi connectivity index (χ2n) is 8.19. The molecule has 2 fully saturated rings. The molecule has 1 saturated carbocycles. The van der Waals surface area contributed by atoms with E-state index in [1.165, 1.54) is 11.3 Å². The van der Waals surface area contributed by atoms with Gasteiger partial charge in [-0.05, 0) is 49.4 Å². The molecule has 1 aromatic carbocycles. The summed E-state index contributed by atoms with van der Waals surface area (Å²) in [7, 11) is 0. The lowest BCUT2D eigenvalue weighted by atomic mass is 9.95. The molecule has 0 bridgehead atoms. The molecule has 8 heteroatoms. The van der Waals surface area contributed by atoms with E-state index in [0.29, 0.717) is 17.9 Å². The molecule has 2 aromatic rings. The summed E-state index contributed by atoms with van der Waals surface area (Å²) in [6, 6.07) is 4.83. The van der Waals surface area contributed by atoms with Crippen LogP contribution in [0.3, 0.4) is 0 Å². The van der Waals surface area contributed by atoms with Crippen molar-refractivity contribution >= 4 is 40.3 Å². The molecule has 1 aliphatic heterocycles. The minimum atomic E-state index is -0.632. The highest BCUT2D eigenvalue weighted by molar-refractivity contribution is 6.31. The molecule has 1 aromatic heterocycles. The zero-order valence-electron chi connectivity index (χ0n) is 16.9. The number of nitrogens with zero attached hydrogens (tertiary/aromatic N) is 1. The largest absolute Gasteiger partial charge is 0.361 e. The van der Waals surface area contributed by atoms with E-state index in [1.807, 2.05) is 24.4 Å². The SMILES string of the molecule is O=C(CCC1NC(=O)N(CCc2c[nH]c3ccc(Cl)cc23)C1=O)NC1CCCCC1. The van der Waals surface area contributed by atoms with Crippen LogP contribution >= 0.6 is 11.6 Å². The Labute approximate surface area is 180 Å². The monoisotopic (exact) mass is 430 g/mol. The number of carbonyl (C=O) groups is 3. The Morgan fingerprint density at radius 1 is 1.20 bits per heavy atom. The van der Waals surface area contributed by atoms with Gasteiger partial charge in [0.25, 0.3) is 5.91 Å². The number of fused-ring (bicyclic) bond motifs is 1. The Morgan fingerprint density at radius 2 is 2.00 bits per heavy atom. The quantitative estimate of drug-likeness (QED) is 0.586. The Hall–Kier alpha value is -2.54. The molecule has 1 unspecified atom stereocenters. The number of amides is 4. The molecule has 2 heterocycles. The van der Waals surface area contributed by atoms with Gasteiger partial charge in [0.15, 0.2) is 0 Å². The third kappa shape index (κ3) is 4.61. The number of hydrogen-bond acceptors (Lipinski definition) is 3. The summed E-state index contributed by atoms with van der Waals surface area (Å²) in [5.74, 6) is -0.304. The van der Waals surface area contributed by atoms with Crippen molar-refractivity contribution in [2.45, 2.75) is 63.5 Å². The molecule has 7 nitrogen and oxygen atoms in total. The topological polar surface area (TPSA) is 94.3 Å². The molecule has 4 rings (SSSR count). The Kier molecular flexibility index (Phi) is 6.27. The van der Waals surface area contributed by atoms with Gasteiger partial charge in [-0.1, -0.05) is 30.9 Å². The number of carbonyl (C=O) groups excluding carboxylic acids is 3. The van der Waals surface area contributed by atoms with Gasteiger partial charge in [-0.15, -0.1) is 0 Å². The second-order valence-corrected chi connectivity index (χ2v) is 8.62. The van der Waals surface area contributed by atoms with Gasteiger partial charge < -0.3 is 15.6 Å². The minimum Gasteiger partial charge on any atom is -0.361 e. The van der Waals surface area contributed by atoms with Crippen molar-refractivity contribution in [1.29, 1.82) is 0 Å².